The molecule has 0 saturated carbocycles. The lowest BCUT2D eigenvalue weighted by Gasteiger charge is -2.16. The molecule has 0 amide bonds. The monoisotopic (exact) mass is 145 g/mol. The Morgan fingerprint density at radius 1 is 1.70 bits per heavy atom. The van der Waals surface area contributed by atoms with Gasteiger partial charge in [-0.25, -0.2) is 0 Å². The minimum atomic E-state index is 0.199. The van der Waals surface area contributed by atoms with E-state index in [1.807, 2.05) is 0 Å². The molecule has 0 aromatic carbocycles. The topological polar surface area (TPSA) is 55.5 Å². The molecule has 10 heavy (non-hydrogen) atoms. The maximum atomic E-state index is 8.85. The van der Waals surface area contributed by atoms with E-state index in [0.717, 1.165) is 19.6 Å². The van der Waals surface area contributed by atoms with Crippen LogP contribution in [0.15, 0.2) is 0 Å². The molecular weight excluding hydrogens is 130 g/mol. The Balaban J connectivity index is 2.29. The summed E-state index contributed by atoms with van der Waals surface area (Å²) in [5.74, 6) is 0.748. The van der Waals surface area contributed by atoms with Gasteiger partial charge >= 0.3 is 0 Å². The number of aliphatic hydroxyl groups excluding tert-OH is 1. The number of hydrogen-bond donors (Lipinski definition) is 2. The van der Waals surface area contributed by atoms with Gasteiger partial charge in [0, 0.05) is 19.8 Å². The zero-order valence-electron chi connectivity index (χ0n) is 6.12. The van der Waals surface area contributed by atoms with Crippen LogP contribution in [0.1, 0.15) is 6.42 Å². The molecule has 2 atom stereocenters. The van der Waals surface area contributed by atoms with Crippen LogP contribution in [-0.2, 0) is 4.74 Å². The first-order valence-electron chi connectivity index (χ1n) is 3.77. The highest BCUT2D eigenvalue weighted by atomic mass is 16.5. The number of hydrogen-bond acceptors (Lipinski definition) is 3. The summed E-state index contributed by atoms with van der Waals surface area (Å²) in [7, 11) is 0. The van der Waals surface area contributed by atoms with Crippen molar-refractivity contribution in [1.82, 2.24) is 0 Å². The Morgan fingerprint density at radius 2 is 2.50 bits per heavy atom. The normalized spacial score (nSPS) is 28.8. The van der Waals surface area contributed by atoms with E-state index in [-0.39, 0.29) is 12.5 Å². The summed E-state index contributed by atoms with van der Waals surface area (Å²) in [4.78, 5) is 0. The van der Waals surface area contributed by atoms with Crippen LogP contribution in [0.5, 0.6) is 0 Å². The van der Waals surface area contributed by atoms with Crippen LogP contribution in [0.3, 0.4) is 0 Å². The Morgan fingerprint density at radius 3 is 2.90 bits per heavy atom. The summed E-state index contributed by atoms with van der Waals surface area (Å²) in [5, 5.41) is 8.85. The smallest absolute Gasteiger partial charge is 0.0499 e. The fraction of sp³-hybridized carbons (Fsp3) is 1.00. The second-order valence-corrected chi connectivity index (χ2v) is 2.80. The fourth-order valence-electron chi connectivity index (χ4n) is 1.34. The molecule has 1 aliphatic heterocycles. The van der Waals surface area contributed by atoms with Gasteiger partial charge in [-0.1, -0.05) is 0 Å². The van der Waals surface area contributed by atoms with Crippen molar-refractivity contribution in [2.75, 3.05) is 26.4 Å². The molecule has 3 nitrogen and oxygen atoms in total. The zero-order valence-corrected chi connectivity index (χ0v) is 6.12. The van der Waals surface area contributed by atoms with Gasteiger partial charge in [0.05, 0.1) is 0 Å². The van der Waals surface area contributed by atoms with E-state index in [0.29, 0.717) is 12.5 Å². The molecule has 3 heteroatoms. The molecule has 3 N–H and O–H groups in total. The summed E-state index contributed by atoms with van der Waals surface area (Å²) < 4.78 is 5.18. The quantitative estimate of drug-likeness (QED) is 0.567. The SMILES string of the molecule is NC[C@H](CO)[C@@H]1CCOC1. The van der Waals surface area contributed by atoms with Gasteiger partial charge in [-0.15, -0.1) is 0 Å². The lowest BCUT2D eigenvalue weighted by molar-refractivity contribution is 0.143. The van der Waals surface area contributed by atoms with Crippen LogP contribution in [0.25, 0.3) is 0 Å². The molecule has 0 bridgehead atoms. The zero-order chi connectivity index (χ0) is 7.40. The number of ether oxygens (including phenoxy) is 1. The molecule has 1 saturated heterocycles. The highest BCUT2D eigenvalue weighted by molar-refractivity contribution is 4.73. The van der Waals surface area contributed by atoms with Crippen molar-refractivity contribution in [2.45, 2.75) is 6.42 Å². The molecular formula is C7H15NO2. The molecule has 0 aromatic rings. The van der Waals surface area contributed by atoms with E-state index in [4.69, 9.17) is 15.6 Å². The van der Waals surface area contributed by atoms with Crippen LogP contribution < -0.4 is 5.73 Å². The van der Waals surface area contributed by atoms with Gasteiger partial charge in [-0.2, -0.15) is 0 Å². The second kappa shape index (κ2) is 3.91. The van der Waals surface area contributed by atoms with E-state index in [1.54, 1.807) is 0 Å². The van der Waals surface area contributed by atoms with Crippen molar-refractivity contribution in [2.24, 2.45) is 17.6 Å². The van der Waals surface area contributed by atoms with Gasteiger partial charge in [-0.05, 0) is 24.8 Å². The first-order chi connectivity index (χ1) is 4.88. The molecule has 60 valence electrons. The fourth-order valence-corrected chi connectivity index (χ4v) is 1.34. The van der Waals surface area contributed by atoms with Gasteiger partial charge in [0.2, 0.25) is 0 Å². The predicted molar refractivity (Wildman–Crippen MR) is 38.6 cm³/mol. The third-order valence-corrected chi connectivity index (χ3v) is 2.17. The van der Waals surface area contributed by atoms with Crippen LogP contribution in [0.2, 0.25) is 0 Å². The van der Waals surface area contributed by atoms with E-state index >= 15 is 0 Å². The highest BCUT2D eigenvalue weighted by Crippen LogP contribution is 2.20. The van der Waals surface area contributed by atoms with Crippen molar-refractivity contribution in [3.05, 3.63) is 0 Å². The Labute approximate surface area is 61.2 Å². The van der Waals surface area contributed by atoms with Crippen molar-refractivity contribution in [1.29, 1.82) is 0 Å². The Kier molecular flexibility index (Phi) is 3.12. The van der Waals surface area contributed by atoms with Gasteiger partial charge in [0.1, 0.15) is 0 Å². The molecule has 1 rings (SSSR count). The second-order valence-electron chi connectivity index (χ2n) is 2.80. The number of aliphatic hydroxyl groups is 1. The van der Waals surface area contributed by atoms with Crippen molar-refractivity contribution in [3.63, 3.8) is 0 Å². The average molecular weight is 145 g/mol. The first-order valence-corrected chi connectivity index (χ1v) is 3.77. The van der Waals surface area contributed by atoms with Crippen LogP contribution in [-0.4, -0.2) is 31.5 Å². The first kappa shape index (κ1) is 7.98. The summed E-state index contributed by atoms with van der Waals surface area (Å²) in [5.41, 5.74) is 5.45. The van der Waals surface area contributed by atoms with E-state index in [1.165, 1.54) is 0 Å². The minimum Gasteiger partial charge on any atom is -0.396 e. The summed E-state index contributed by atoms with van der Waals surface area (Å²) in [6.07, 6.45) is 1.06. The molecule has 1 fully saturated rings. The van der Waals surface area contributed by atoms with E-state index in [9.17, 15) is 0 Å². The summed E-state index contributed by atoms with van der Waals surface area (Å²) >= 11 is 0. The molecule has 0 radical (unpaired) electrons. The van der Waals surface area contributed by atoms with Crippen molar-refractivity contribution >= 4 is 0 Å². The number of nitrogens with two attached hydrogens (primary N) is 1. The van der Waals surface area contributed by atoms with Gasteiger partial charge < -0.3 is 15.6 Å². The van der Waals surface area contributed by atoms with Gasteiger partial charge in [-0.3, -0.25) is 0 Å². The number of rotatable bonds is 3. The molecule has 1 aliphatic rings. The van der Waals surface area contributed by atoms with Crippen molar-refractivity contribution < 1.29 is 9.84 Å². The standard InChI is InChI=1S/C7H15NO2/c8-3-7(4-9)6-1-2-10-5-6/h6-7,9H,1-5,8H2/t6-,7-/m1/s1. The van der Waals surface area contributed by atoms with Crippen LogP contribution >= 0.6 is 0 Å². The average Bonchev–Trinajstić information content (AvgIpc) is 2.43. The lowest BCUT2D eigenvalue weighted by Crippen LogP contribution is -2.26. The molecule has 0 aliphatic carbocycles. The largest absolute Gasteiger partial charge is 0.396 e. The summed E-state index contributed by atoms with van der Waals surface area (Å²) in [6.45, 7) is 2.39. The van der Waals surface area contributed by atoms with E-state index < -0.39 is 0 Å². The van der Waals surface area contributed by atoms with Gasteiger partial charge in [0.25, 0.3) is 0 Å². The molecule has 0 aromatic heterocycles. The molecule has 1 heterocycles. The maximum absolute atomic E-state index is 8.85. The van der Waals surface area contributed by atoms with Crippen LogP contribution in [0.4, 0.5) is 0 Å². The highest BCUT2D eigenvalue weighted by Gasteiger charge is 2.23. The minimum absolute atomic E-state index is 0.199. The summed E-state index contributed by atoms with van der Waals surface area (Å²) in [6, 6.07) is 0. The third-order valence-electron chi connectivity index (χ3n) is 2.17. The van der Waals surface area contributed by atoms with Crippen LogP contribution in [0, 0.1) is 11.8 Å². The van der Waals surface area contributed by atoms with E-state index in [2.05, 4.69) is 0 Å². The maximum Gasteiger partial charge on any atom is 0.0499 e. The third kappa shape index (κ3) is 1.68. The Bertz CT molecular complexity index is 87.6. The van der Waals surface area contributed by atoms with Crippen molar-refractivity contribution in [3.8, 4) is 0 Å². The Hall–Kier alpha value is -0.120. The lowest BCUT2D eigenvalue weighted by atomic mass is 9.93. The predicted octanol–water partition coefficient (Wildman–Crippen LogP) is -0.410. The van der Waals surface area contributed by atoms with Gasteiger partial charge in [0.15, 0.2) is 0 Å². The molecule has 0 unspecified atom stereocenters. The molecule has 0 spiro atoms.